The van der Waals surface area contributed by atoms with E-state index in [4.69, 9.17) is 15.2 Å². The van der Waals surface area contributed by atoms with Crippen LogP contribution < -0.4 is 26.6 Å². The maximum atomic E-state index is 13.0. The second-order valence-corrected chi connectivity index (χ2v) is 7.96. The number of H-pyrrole nitrogens is 1. The molecule has 0 atom stereocenters. The number of amides is 1. The summed E-state index contributed by atoms with van der Waals surface area (Å²) < 4.78 is 12.1. The summed E-state index contributed by atoms with van der Waals surface area (Å²) in [6.45, 7) is 8.56. The van der Waals surface area contributed by atoms with Gasteiger partial charge in [0.25, 0.3) is 5.56 Å². The highest BCUT2D eigenvalue weighted by Gasteiger charge is 2.24. The van der Waals surface area contributed by atoms with E-state index in [0.29, 0.717) is 12.3 Å². The number of ether oxygens (including phenoxy) is 2. The molecule has 31 heavy (non-hydrogen) atoms. The zero-order valence-electron chi connectivity index (χ0n) is 18.9. The summed E-state index contributed by atoms with van der Waals surface area (Å²) in [5.41, 5.74) is 6.95. The van der Waals surface area contributed by atoms with E-state index in [1.807, 2.05) is 45.9 Å². The first kappa shape index (κ1) is 24.2. The molecule has 0 aliphatic carbocycles. The van der Waals surface area contributed by atoms with Crippen LogP contribution >= 0.6 is 0 Å². The van der Waals surface area contributed by atoms with E-state index in [-0.39, 0.29) is 49.5 Å². The molecule has 1 aromatic carbocycles. The minimum absolute atomic E-state index is 0.0267. The minimum atomic E-state index is -0.706. The molecule has 0 spiro atoms. The van der Waals surface area contributed by atoms with E-state index in [1.165, 1.54) is 16.6 Å². The van der Waals surface area contributed by atoms with Crippen molar-refractivity contribution in [3.8, 4) is 5.75 Å². The van der Waals surface area contributed by atoms with E-state index in [0.717, 1.165) is 11.1 Å². The van der Waals surface area contributed by atoms with Crippen LogP contribution in [0, 0.1) is 19.8 Å². The fraction of sp³-hybridized carbons (Fsp3) is 0.500. The van der Waals surface area contributed by atoms with Crippen LogP contribution in [0.2, 0.25) is 0 Å². The molecule has 0 saturated heterocycles. The van der Waals surface area contributed by atoms with Crippen molar-refractivity contribution >= 4 is 17.4 Å². The molecule has 0 aliphatic heterocycles. The third-order valence-electron chi connectivity index (χ3n) is 4.63. The van der Waals surface area contributed by atoms with Gasteiger partial charge in [0.15, 0.2) is 5.69 Å². The Morgan fingerprint density at radius 3 is 2.39 bits per heavy atom. The van der Waals surface area contributed by atoms with Crippen LogP contribution in [0.3, 0.4) is 0 Å². The lowest BCUT2D eigenvalue weighted by atomic mass is 10.1. The fourth-order valence-corrected chi connectivity index (χ4v) is 3.34. The monoisotopic (exact) mass is 432 g/mol. The third kappa shape index (κ3) is 6.45. The Morgan fingerprint density at radius 2 is 1.81 bits per heavy atom. The molecular weight excluding hydrogens is 400 g/mol. The van der Waals surface area contributed by atoms with E-state index < -0.39 is 11.2 Å². The van der Waals surface area contributed by atoms with Gasteiger partial charge >= 0.3 is 5.69 Å². The Bertz CT molecular complexity index is 1010. The number of hydrogen-bond donors (Lipinski definition) is 2. The summed E-state index contributed by atoms with van der Waals surface area (Å²) >= 11 is 0. The number of nitrogens with one attached hydrogen (secondary N) is 1. The molecule has 0 saturated carbocycles. The molecule has 0 bridgehead atoms. The largest absolute Gasteiger partial charge is 0.493 e. The molecule has 0 radical (unpaired) electrons. The number of benzene rings is 1. The van der Waals surface area contributed by atoms with E-state index >= 15 is 0 Å². The van der Waals surface area contributed by atoms with Crippen molar-refractivity contribution in [3.63, 3.8) is 0 Å². The lowest BCUT2D eigenvalue weighted by Crippen LogP contribution is -2.43. The van der Waals surface area contributed by atoms with Crippen LogP contribution in [0.25, 0.3) is 0 Å². The van der Waals surface area contributed by atoms with Crippen molar-refractivity contribution in [2.24, 2.45) is 5.92 Å². The normalized spacial score (nSPS) is 11.0. The molecule has 9 nitrogen and oxygen atoms in total. The lowest BCUT2D eigenvalue weighted by Gasteiger charge is -2.24. The standard InChI is InChI=1S/C22H32N4O5/c1-14(2)13-26-20(23)19(21(28)24-22(26)29)25(7-9-30-5)18(27)6-8-31-17-11-15(3)10-16(4)12-17/h10-12,14H,6-9,13,23H2,1-5H3,(H,24,28,29). The predicted octanol–water partition coefficient (Wildman–Crippen LogP) is 1.84. The van der Waals surface area contributed by atoms with Crippen LogP contribution in [0.1, 0.15) is 31.4 Å². The van der Waals surface area contributed by atoms with Gasteiger partial charge in [0, 0.05) is 20.2 Å². The highest BCUT2D eigenvalue weighted by molar-refractivity contribution is 5.95. The van der Waals surface area contributed by atoms with Gasteiger partial charge in [-0.2, -0.15) is 0 Å². The van der Waals surface area contributed by atoms with E-state index in [2.05, 4.69) is 4.98 Å². The minimum Gasteiger partial charge on any atom is -0.493 e. The summed E-state index contributed by atoms with van der Waals surface area (Å²) in [4.78, 5) is 41.3. The van der Waals surface area contributed by atoms with E-state index in [9.17, 15) is 14.4 Å². The molecule has 1 heterocycles. The van der Waals surface area contributed by atoms with Crippen LogP contribution in [0.4, 0.5) is 11.5 Å². The van der Waals surface area contributed by atoms with Gasteiger partial charge in [0.05, 0.1) is 19.6 Å². The van der Waals surface area contributed by atoms with Crippen LogP contribution in [0.5, 0.6) is 5.75 Å². The smallest absolute Gasteiger partial charge is 0.330 e. The number of nitrogens with zero attached hydrogens (tertiary/aromatic N) is 2. The Hall–Kier alpha value is -3.07. The van der Waals surface area contributed by atoms with Gasteiger partial charge in [-0.25, -0.2) is 4.79 Å². The zero-order chi connectivity index (χ0) is 23.1. The second kappa shape index (κ2) is 10.8. The number of anilines is 2. The number of aryl methyl sites for hydroxylation is 2. The van der Waals surface area contributed by atoms with Crippen molar-refractivity contribution in [3.05, 3.63) is 50.2 Å². The molecule has 0 unspecified atom stereocenters. The van der Waals surface area contributed by atoms with Gasteiger partial charge in [-0.3, -0.25) is 19.1 Å². The number of nitrogen functional groups attached to an aromatic ring is 1. The Labute approximate surface area is 181 Å². The average Bonchev–Trinajstić information content (AvgIpc) is 2.66. The van der Waals surface area contributed by atoms with E-state index in [1.54, 1.807) is 0 Å². The highest BCUT2D eigenvalue weighted by Crippen LogP contribution is 2.20. The van der Waals surface area contributed by atoms with Crippen LogP contribution in [0.15, 0.2) is 27.8 Å². The number of aromatic amines is 1. The topological polar surface area (TPSA) is 120 Å². The number of carbonyl (C=O) groups excluding carboxylic acids is 1. The Balaban J connectivity index is 2.27. The second-order valence-electron chi connectivity index (χ2n) is 7.96. The first-order valence-electron chi connectivity index (χ1n) is 10.3. The summed E-state index contributed by atoms with van der Waals surface area (Å²) in [7, 11) is 1.50. The van der Waals surface area contributed by atoms with Gasteiger partial charge in [0.2, 0.25) is 5.91 Å². The van der Waals surface area contributed by atoms with Gasteiger partial charge in [0.1, 0.15) is 11.6 Å². The van der Waals surface area contributed by atoms with Crippen molar-refractivity contribution in [2.75, 3.05) is 37.5 Å². The van der Waals surface area contributed by atoms with Gasteiger partial charge in [-0.15, -0.1) is 0 Å². The molecule has 1 amide bonds. The molecule has 1 aromatic heterocycles. The molecule has 170 valence electrons. The summed E-state index contributed by atoms with van der Waals surface area (Å²) in [5.74, 6) is 0.403. The Morgan fingerprint density at radius 1 is 1.16 bits per heavy atom. The van der Waals surface area contributed by atoms with Crippen LogP contribution in [-0.2, 0) is 16.1 Å². The van der Waals surface area contributed by atoms with Gasteiger partial charge < -0.3 is 20.1 Å². The molecule has 2 aromatic rings. The SMILES string of the molecule is COCCN(C(=O)CCOc1cc(C)cc(C)c1)c1c(N)n(CC(C)C)c(=O)[nH]c1=O. The number of aromatic nitrogens is 2. The van der Waals surface area contributed by atoms with Crippen LogP contribution in [-0.4, -0.2) is 42.3 Å². The number of carbonyl (C=O) groups is 1. The van der Waals surface area contributed by atoms with Crippen molar-refractivity contribution in [2.45, 2.75) is 40.7 Å². The van der Waals surface area contributed by atoms with Crippen molar-refractivity contribution in [1.82, 2.24) is 9.55 Å². The molecular formula is C22H32N4O5. The lowest BCUT2D eigenvalue weighted by molar-refractivity contribution is -0.119. The maximum Gasteiger partial charge on any atom is 0.330 e. The number of methoxy groups -OCH3 is 1. The van der Waals surface area contributed by atoms with Gasteiger partial charge in [-0.05, 0) is 43.0 Å². The third-order valence-corrected chi connectivity index (χ3v) is 4.63. The van der Waals surface area contributed by atoms with Crippen molar-refractivity contribution < 1.29 is 14.3 Å². The molecule has 9 heteroatoms. The first-order chi connectivity index (χ1) is 14.6. The quantitative estimate of drug-likeness (QED) is 0.591. The predicted molar refractivity (Wildman–Crippen MR) is 121 cm³/mol. The number of rotatable bonds is 10. The zero-order valence-corrected chi connectivity index (χ0v) is 18.9. The highest BCUT2D eigenvalue weighted by atomic mass is 16.5. The molecule has 0 aliphatic rings. The summed E-state index contributed by atoms with van der Waals surface area (Å²) in [6, 6.07) is 5.82. The van der Waals surface area contributed by atoms with Crippen molar-refractivity contribution in [1.29, 1.82) is 0 Å². The fourth-order valence-electron chi connectivity index (χ4n) is 3.34. The number of hydrogen-bond acceptors (Lipinski definition) is 6. The Kier molecular flexibility index (Phi) is 8.44. The molecule has 2 rings (SSSR count). The number of nitrogens with two attached hydrogens (primary N) is 1. The first-order valence-corrected chi connectivity index (χ1v) is 10.3. The van der Waals surface area contributed by atoms with Gasteiger partial charge in [-0.1, -0.05) is 19.9 Å². The summed E-state index contributed by atoms with van der Waals surface area (Å²) in [6.07, 6.45) is 0.0267. The average molecular weight is 433 g/mol. The molecule has 3 N–H and O–H groups in total. The summed E-state index contributed by atoms with van der Waals surface area (Å²) in [5, 5.41) is 0. The maximum absolute atomic E-state index is 13.0. The molecule has 0 fully saturated rings.